The Kier molecular flexibility index (Phi) is 3.66. The smallest absolute Gasteiger partial charge is 0.0656 e. The van der Waals surface area contributed by atoms with Crippen LogP contribution in [0.25, 0.3) is 0 Å². The second-order valence-corrected chi connectivity index (χ2v) is 7.62. The summed E-state index contributed by atoms with van der Waals surface area (Å²) in [4.78, 5) is 2.36. The van der Waals surface area contributed by atoms with Gasteiger partial charge in [-0.15, -0.1) is 0 Å². The highest BCUT2D eigenvalue weighted by Gasteiger charge is 2.62. The maximum atomic E-state index is 9.47. The van der Waals surface area contributed by atoms with E-state index in [9.17, 15) is 5.11 Å². The monoisotopic (exact) mass is 301 g/mol. The van der Waals surface area contributed by atoms with Gasteiger partial charge in [-0.1, -0.05) is 26.0 Å². The number of ether oxygens (including phenoxy) is 1. The molecule has 0 radical (unpaired) electrons. The van der Waals surface area contributed by atoms with Crippen molar-refractivity contribution in [2.45, 2.75) is 44.8 Å². The van der Waals surface area contributed by atoms with Crippen molar-refractivity contribution in [1.82, 2.24) is 0 Å². The van der Waals surface area contributed by atoms with E-state index in [2.05, 4.69) is 43.0 Å². The molecule has 2 heterocycles. The quantitative estimate of drug-likeness (QED) is 0.876. The van der Waals surface area contributed by atoms with Gasteiger partial charge in [-0.3, -0.25) is 0 Å². The third-order valence-electron chi connectivity index (χ3n) is 5.85. The molecule has 1 aliphatic carbocycles. The molecule has 22 heavy (non-hydrogen) atoms. The lowest BCUT2D eigenvalue weighted by atomic mass is 9.88. The highest BCUT2D eigenvalue weighted by Crippen LogP contribution is 2.60. The van der Waals surface area contributed by atoms with Gasteiger partial charge in [-0.2, -0.15) is 0 Å². The van der Waals surface area contributed by atoms with Crippen LogP contribution in [0.5, 0.6) is 0 Å². The number of nitrogens with zero attached hydrogens (tertiary/aromatic N) is 1. The van der Waals surface area contributed by atoms with E-state index < -0.39 is 0 Å². The van der Waals surface area contributed by atoms with Gasteiger partial charge in [0.25, 0.3) is 0 Å². The van der Waals surface area contributed by atoms with Gasteiger partial charge in [0, 0.05) is 24.7 Å². The van der Waals surface area contributed by atoms with Crippen molar-refractivity contribution < 1.29 is 9.84 Å². The normalized spacial score (nSPS) is 35.0. The zero-order valence-electron chi connectivity index (χ0n) is 13.6. The first kappa shape index (κ1) is 14.5. The van der Waals surface area contributed by atoms with Crippen molar-refractivity contribution in [2.24, 2.45) is 17.8 Å². The van der Waals surface area contributed by atoms with Gasteiger partial charge in [0.2, 0.25) is 0 Å². The van der Waals surface area contributed by atoms with Gasteiger partial charge in [0.15, 0.2) is 0 Å². The van der Waals surface area contributed by atoms with Crippen LogP contribution in [-0.4, -0.2) is 37.0 Å². The van der Waals surface area contributed by atoms with E-state index in [0.29, 0.717) is 30.6 Å². The van der Waals surface area contributed by atoms with Crippen LogP contribution in [0.3, 0.4) is 0 Å². The van der Waals surface area contributed by atoms with Crippen LogP contribution in [0.1, 0.15) is 38.2 Å². The minimum atomic E-state index is 0.208. The van der Waals surface area contributed by atoms with E-state index in [-0.39, 0.29) is 6.61 Å². The molecule has 2 aliphatic heterocycles. The van der Waals surface area contributed by atoms with E-state index in [0.717, 1.165) is 18.4 Å². The summed E-state index contributed by atoms with van der Waals surface area (Å²) >= 11 is 0. The van der Waals surface area contributed by atoms with Crippen LogP contribution in [0.15, 0.2) is 24.3 Å². The van der Waals surface area contributed by atoms with E-state index in [1.807, 2.05) is 0 Å². The van der Waals surface area contributed by atoms with Crippen LogP contribution in [0, 0.1) is 17.8 Å². The molecule has 0 aromatic heterocycles. The van der Waals surface area contributed by atoms with Crippen molar-refractivity contribution in [3.63, 3.8) is 0 Å². The summed E-state index contributed by atoms with van der Waals surface area (Å²) in [5.41, 5.74) is 2.61. The molecule has 4 rings (SSSR count). The molecular formula is C19H27NO2. The molecule has 0 spiro atoms. The van der Waals surface area contributed by atoms with Crippen LogP contribution in [0.4, 0.5) is 5.69 Å². The molecule has 3 nitrogen and oxygen atoms in total. The molecule has 3 aliphatic rings. The fourth-order valence-corrected chi connectivity index (χ4v) is 4.56. The topological polar surface area (TPSA) is 32.7 Å². The van der Waals surface area contributed by atoms with Gasteiger partial charge in [0.1, 0.15) is 0 Å². The van der Waals surface area contributed by atoms with Crippen molar-refractivity contribution >= 4 is 5.69 Å². The summed E-state index contributed by atoms with van der Waals surface area (Å²) in [6.07, 6.45) is 3.65. The molecule has 3 heteroatoms. The van der Waals surface area contributed by atoms with Crippen molar-refractivity contribution in [1.29, 1.82) is 0 Å². The predicted molar refractivity (Wildman–Crippen MR) is 88.2 cm³/mol. The average Bonchev–Trinajstić information content (AvgIpc) is 3.13. The van der Waals surface area contributed by atoms with Crippen LogP contribution >= 0.6 is 0 Å². The summed E-state index contributed by atoms with van der Waals surface area (Å²) in [6.45, 7) is 6.40. The molecule has 120 valence electrons. The minimum Gasteiger partial charge on any atom is -0.395 e. The lowest BCUT2D eigenvalue weighted by Crippen LogP contribution is -2.36. The lowest BCUT2D eigenvalue weighted by molar-refractivity contribution is 0.0617. The van der Waals surface area contributed by atoms with E-state index in [1.54, 1.807) is 0 Å². The Morgan fingerprint density at radius 3 is 2.82 bits per heavy atom. The summed E-state index contributed by atoms with van der Waals surface area (Å²) < 4.78 is 6.13. The first-order valence-corrected chi connectivity index (χ1v) is 8.78. The average molecular weight is 301 g/mol. The summed E-state index contributed by atoms with van der Waals surface area (Å²) in [6, 6.07) is 8.80. The Balaban J connectivity index is 1.50. The Labute approximate surface area is 133 Å². The summed E-state index contributed by atoms with van der Waals surface area (Å²) in [7, 11) is 0. The Bertz CT molecular complexity index is 544. The fourth-order valence-electron chi connectivity index (χ4n) is 4.56. The van der Waals surface area contributed by atoms with Gasteiger partial charge in [-0.05, 0) is 48.3 Å². The fraction of sp³-hybridized carbons (Fsp3) is 0.684. The van der Waals surface area contributed by atoms with Gasteiger partial charge in [-0.25, -0.2) is 0 Å². The highest BCUT2D eigenvalue weighted by atomic mass is 16.5. The van der Waals surface area contributed by atoms with Crippen LogP contribution in [0.2, 0.25) is 0 Å². The second-order valence-electron chi connectivity index (χ2n) is 7.62. The highest BCUT2D eigenvalue weighted by molar-refractivity contribution is 5.49. The number of hydrogen-bond donors (Lipinski definition) is 1. The number of fused-ring (bicyclic) bond motifs is 5. The SMILES string of the molecule is CC(C)c1cccc(N(CCO)C[C@@H]2C[C@@H]3O[C@H]2[C@H]2C[C@H]23)c1. The molecule has 3 fully saturated rings. The molecule has 1 aromatic carbocycles. The third-order valence-corrected chi connectivity index (χ3v) is 5.85. The Morgan fingerprint density at radius 1 is 1.27 bits per heavy atom. The molecule has 2 saturated heterocycles. The molecule has 0 unspecified atom stereocenters. The number of rotatable bonds is 6. The third kappa shape index (κ3) is 2.44. The largest absolute Gasteiger partial charge is 0.395 e. The molecule has 5 atom stereocenters. The first-order valence-electron chi connectivity index (χ1n) is 8.78. The summed E-state index contributed by atoms with van der Waals surface area (Å²) in [5.74, 6) is 2.91. The molecule has 1 saturated carbocycles. The molecule has 0 amide bonds. The number of aliphatic hydroxyl groups excluding tert-OH is 1. The number of hydrogen-bond acceptors (Lipinski definition) is 3. The van der Waals surface area contributed by atoms with Crippen LogP contribution in [-0.2, 0) is 4.74 Å². The maximum absolute atomic E-state index is 9.47. The van der Waals surface area contributed by atoms with E-state index in [1.165, 1.54) is 24.1 Å². The first-order chi connectivity index (χ1) is 10.7. The molecular weight excluding hydrogens is 274 g/mol. The zero-order valence-corrected chi connectivity index (χ0v) is 13.6. The lowest BCUT2D eigenvalue weighted by Gasteiger charge is -2.30. The summed E-state index contributed by atoms with van der Waals surface area (Å²) in [5, 5.41) is 9.47. The minimum absolute atomic E-state index is 0.208. The number of benzene rings is 1. The van der Waals surface area contributed by atoms with Crippen molar-refractivity contribution in [3.8, 4) is 0 Å². The van der Waals surface area contributed by atoms with Gasteiger partial charge >= 0.3 is 0 Å². The van der Waals surface area contributed by atoms with Gasteiger partial charge in [0.05, 0.1) is 18.8 Å². The number of aliphatic hydroxyl groups is 1. The molecule has 1 aromatic rings. The molecule has 2 bridgehead atoms. The second kappa shape index (κ2) is 5.54. The Morgan fingerprint density at radius 2 is 2.14 bits per heavy atom. The number of anilines is 1. The van der Waals surface area contributed by atoms with Crippen molar-refractivity contribution in [2.75, 3.05) is 24.6 Å². The predicted octanol–water partition coefficient (Wildman–Crippen LogP) is 3.03. The standard InChI is InChI=1S/C19H27NO2/c1-12(2)13-4-3-5-15(8-13)20(6-7-21)11-14-9-18-16-10-17(16)19(14)22-18/h3-5,8,12,14,16-19,21H,6-7,9-11H2,1-2H3/t14-,16+,17-,18-,19+/m0/s1. The van der Waals surface area contributed by atoms with Crippen molar-refractivity contribution in [3.05, 3.63) is 29.8 Å². The van der Waals surface area contributed by atoms with E-state index >= 15 is 0 Å². The maximum Gasteiger partial charge on any atom is 0.0656 e. The molecule has 1 N–H and O–H groups in total. The van der Waals surface area contributed by atoms with Gasteiger partial charge < -0.3 is 14.7 Å². The van der Waals surface area contributed by atoms with Crippen LogP contribution < -0.4 is 4.90 Å². The van der Waals surface area contributed by atoms with E-state index in [4.69, 9.17) is 4.74 Å². The Hall–Kier alpha value is -1.06. The zero-order chi connectivity index (χ0) is 15.3.